The van der Waals surface area contributed by atoms with Gasteiger partial charge in [0.2, 0.25) is 5.82 Å². The van der Waals surface area contributed by atoms with E-state index >= 15 is 0 Å². The molecule has 0 aliphatic rings. The number of rotatable bonds is 3. The molecule has 2 aromatic heterocycles. The number of hydrogen-bond acceptors (Lipinski definition) is 5. The minimum Gasteiger partial charge on any atom is -0.507 e. The molecule has 0 atom stereocenters. The number of hydrogen-bond donors (Lipinski definition) is 2. The Hall–Kier alpha value is -2.93. The number of benzene rings is 1. The highest BCUT2D eigenvalue weighted by atomic mass is 35.5. The molecule has 0 saturated carbocycles. The highest BCUT2D eigenvalue weighted by molar-refractivity contribution is 6.33. The molecule has 1 aromatic carbocycles. The highest BCUT2D eigenvalue weighted by Crippen LogP contribution is 2.15. The van der Waals surface area contributed by atoms with E-state index in [1.807, 2.05) is 0 Å². The Labute approximate surface area is 129 Å². The van der Waals surface area contributed by atoms with Gasteiger partial charge in [0.05, 0.1) is 11.2 Å². The van der Waals surface area contributed by atoms with Gasteiger partial charge in [-0.1, -0.05) is 23.7 Å². The van der Waals surface area contributed by atoms with E-state index in [0.717, 1.165) is 0 Å². The van der Waals surface area contributed by atoms with E-state index < -0.39 is 5.91 Å². The monoisotopic (exact) mass is 315 g/mol. The van der Waals surface area contributed by atoms with E-state index in [9.17, 15) is 9.90 Å². The fraction of sp³-hybridized carbons (Fsp3) is 0. The second-order valence-electron chi connectivity index (χ2n) is 4.33. The number of para-hydroxylation sites is 1. The van der Waals surface area contributed by atoms with Crippen LogP contribution in [0.3, 0.4) is 0 Å². The molecule has 3 aromatic rings. The normalized spacial score (nSPS) is 11.1. The Morgan fingerprint density at radius 3 is 2.91 bits per heavy atom. The van der Waals surface area contributed by atoms with Crippen molar-refractivity contribution in [2.24, 2.45) is 5.10 Å². The number of phenols is 1. The van der Waals surface area contributed by atoms with Crippen molar-refractivity contribution >= 4 is 29.4 Å². The van der Waals surface area contributed by atoms with Crippen LogP contribution in [0.15, 0.2) is 47.7 Å². The number of phenolic OH excluding ortho intramolecular Hbond substituents is 1. The maximum Gasteiger partial charge on any atom is 0.309 e. The Morgan fingerprint density at radius 2 is 2.09 bits per heavy atom. The Bertz CT molecular complexity index is 875. The number of pyridine rings is 1. The third kappa shape index (κ3) is 2.61. The molecule has 2 N–H and O–H groups in total. The van der Waals surface area contributed by atoms with Gasteiger partial charge in [-0.05, 0) is 24.3 Å². The van der Waals surface area contributed by atoms with E-state index in [1.54, 1.807) is 36.5 Å². The van der Waals surface area contributed by atoms with Gasteiger partial charge in [-0.15, -0.1) is 10.2 Å². The van der Waals surface area contributed by atoms with Gasteiger partial charge in [0.15, 0.2) is 5.65 Å². The average Bonchev–Trinajstić information content (AvgIpc) is 2.94. The number of nitrogens with one attached hydrogen (secondary N) is 1. The minimum atomic E-state index is -0.540. The van der Waals surface area contributed by atoms with Crippen LogP contribution in [0.5, 0.6) is 5.75 Å². The first kappa shape index (κ1) is 14.0. The molecule has 0 radical (unpaired) electrons. The molecular weight excluding hydrogens is 306 g/mol. The lowest BCUT2D eigenvalue weighted by atomic mass is 10.2. The first-order chi connectivity index (χ1) is 10.7. The zero-order chi connectivity index (χ0) is 15.5. The third-order valence-electron chi connectivity index (χ3n) is 2.90. The quantitative estimate of drug-likeness (QED) is 0.570. The summed E-state index contributed by atoms with van der Waals surface area (Å²) < 4.78 is 1.47. The van der Waals surface area contributed by atoms with Crippen LogP contribution in [0.1, 0.15) is 16.2 Å². The van der Waals surface area contributed by atoms with Gasteiger partial charge in [-0.3, -0.25) is 9.20 Å². The number of hydrazone groups is 1. The van der Waals surface area contributed by atoms with Crippen LogP contribution in [-0.2, 0) is 0 Å². The molecule has 0 bridgehead atoms. The number of amides is 1. The fourth-order valence-electron chi connectivity index (χ4n) is 1.85. The van der Waals surface area contributed by atoms with Gasteiger partial charge in [0.1, 0.15) is 5.75 Å². The van der Waals surface area contributed by atoms with Crippen LogP contribution in [0, 0.1) is 0 Å². The van der Waals surface area contributed by atoms with Crippen molar-refractivity contribution < 1.29 is 9.90 Å². The van der Waals surface area contributed by atoms with E-state index in [2.05, 4.69) is 20.7 Å². The molecule has 110 valence electrons. The van der Waals surface area contributed by atoms with Crippen LogP contribution in [0.2, 0.25) is 5.02 Å². The zero-order valence-corrected chi connectivity index (χ0v) is 11.9. The maximum absolute atomic E-state index is 12.1. The van der Waals surface area contributed by atoms with Crippen molar-refractivity contribution in [3.63, 3.8) is 0 Å². The van der Waals surface area contributed by atoms with Crippen LogP contribution in [0.4, 0.5) is 0 Å². The summed E-state index contributed by atoms with van der Waals surface area (Å²) in [6.45, 7) is 0. The molecule has 3 rings (SSSR count). The van der Waals surface area contributed by atoms with Gasteiger partial charge in [-0.25, -0.2) is 5.43 Å². The maximum atomic E-state index is 12.1. The first-order valence-electron chi connectivity index (χ1n) is 6.27. The van der Waals surface area contributed by atoms with Gasteiger partial charge in [0.25, 0.3) is 0 Å². The molecule has 2 heterocycles. The topological polar surface area (TPSA) is 91.9 Å². The summed E-state index contributed by atoms with van der Waals surface area (Å²) in [5.41, 5.74) is 3.20. The van der Waals surface area contributed by atoms with E-state index in [-0.39, 0.29) is 11.6 Å². The lowest BCUT2D eigenvalue weighted by Crippen LogP contribution is -2.20. The number of carbonyl (C=O) groups is 1. The van der Waals surface area contributed by atoms with Crippen LogP contribution < -0.4 is 5.43 Å². The number of fused-ring (bicyclic) bond motifs is 1. The fourth-order valence-corrected chi connectivity index (χ4v) is 2.05. The van der Waals surface area contributed by atoms with Crippen molar-refractivity contribution in [1.29, 1.82) is 0 Å². The van der Waals surface area contributed by atoms with Crippen LogP contribution in [-0.4, -0.2) is 31.8 Å². The molecule has 0 aliphatic heterocycles. The molecular formula is C14H10ClN5O2. The number of halogens is 1. The Kier molecular flexibility index (Phi) is 3.71. The van der Waals surface area contributed by atoms with E-state index in [1.165, 1.54) is 16.7 Å². The lowest BCUT2D eigenvalue weighted by molar-refractivity contribution is 0.0943. The first-order valence-corrected chi connectivity index (χ1v) is 6.65. The second kappa shape index (κ2) is 5.82. The number of aromatic nitrogens is 3. The lowest BCUT2D eigenvalue weighted by Gasteiger charge is -2.00. The Morgan fingerprint density at radius 1 is 1.27 bits per heavy atom. The summed E-state index contributed by atoms with van der Waals surface area (Å²) in [5, 5.41) is 21.4. The van der Waals surface area contributed by atoms with Crippen LogP contribution in [0.25, 0.3) is 5.65 Å². The average molecular weight is 316 g/mol. The molecule has 0 spiro atoms. The molecule has 1 amide bonds. The summed E-state index contributed by atoms with van der Waals surface area (Å²) in [6, 6.07) is 9.97. The zero-order valence-electron chi connectivity index (χ0n) is 11.1. The van der Waals surface area contributed by atoms with Crippen LogP contribution >= 0.6 is 11.6 Å². The predicted molar refractivity (Wildman–Crippen MR) is 81.2 cm³/mol. The Balaban J connectivity index is 1.80. The molecule has 0 aliphatic carbocycles. The van der Waals surface area contributed by atoms with Crippen molar-refractivity contribution in [1.82, 2.24) is 20.0 Å². The van der Waals surface area contributed by atoms with Gasteiger partial charge in [0, 0.05) is 11.8 Å². The molecule has 0 saturated heterocycles. The summed E-state index contributed by atoms with van der Waals surface area (Å²) in [4.78, 5) is 12.1. The molecule has 0 unspecified atom stereocenters. The summed E-state index contributed by atoms with van der Waals surface area (Å²) in [7, 11) is 0. The third-order valence-corrected chi connectivity index (χ3v) is 3.19. The minimum absolute atomic E-state index is 0.0620. The van der Waals surface area contributed by atoms with E-state index in [0.29, 0.717) is 16.2 Å². The predicted octanol–water partition coefficient (Wildman–Crippen LogP) is 1.85. The highest BCUT2D eigenvalue weighted by Gasteiger charge is 2.14. The van der Waals surface area contributed by atoms with Crippen molar-refractivity contribution in [3.05, 3.63) is 59.0 Å². The van der Waals surface area contributed by atoms with Crippen molar-refractivity contribution in [2.75, 3.05) is 0 Å². The number of nitrogens with zero attached hydrogens (tertiary/aromatic N) is 4. The standard InChI is InChI=1S/C14H10ClN5O2/c15-10-5-3-7-20-12(10)17-18-13(20)14(22)19-16-8-9-4-1-2-6-11(9)21/h1-8,21H,(H,19,22). The van der Waals surface area contributed by atoms with Crippen molar-refractivity contribution in [3.8, 4) is 5.75 Å². The largest absolute Gasteiger partial charge is 0.507 e. The molecule has 0 fully saturated rings. The number of carbonyl (C=O) groups excluding carboxylic acids is 1. The van der Waals surface area contributed by atoms with Gasteiger partial charge in [-0.2, -0.15) is 5.10 Å². The summed E-state index contributed by atoms with van der Waals surface area (Å²) >= 11 is 5.96. The molecule has 22 heavy (non-hydrogen) atoms. The smallest absolute Gasteiger partial charge is 0.309 e. The van der Waals surface area contributed by atoms with Gasteiger partial charge < -0.3 is 5.11 Å². The molecule has 8 heteroatoms. The molecule has 7 nitrogen and oxygen atoms in total. The SMILES string of the molecule is O=C(NN=Cc1ccccc1O)c1nnc2c(Cl)cccn12. The van der Waals surface area contributed by atoms with Crippen molar-refractivity contribution in [2.45, 2.75) is 0 Å². The number of aromatic hydroxyl groups is 1. The second-order valence-corrected chi connectivity index (χ2v) is 4.74. The van der Waals surface area contributed by atoms with E-state index in [4.69, 9.17) is 11.6 Å². The summed E-state index contributed by atoms with van der Waals surface area (Å²) in [5.74, 6) is -0.409. The summed E-state index contributed by atoms with van der Waals surface area (Å²) in [6.07, 6.45) is 2.96. The van der Waals surface area contributed by atoms with Gasteiger partial charge >= 0.3 is 5.91 Å².